The van der Waals surface area contributed by atoms with E-state index in [-0.39, 0.29) is 12.5 Å². The van der Waals surface area contributed by atoms with E-state index in [4.69, 9.17) is 11.2 Å². The fourth-order valence-electron chi connectivity index (χ4n) is 1.84. The predicted octanol–water partition coefficient (Wildman–Crippen LogP) is 3.67. The molecule has 106 valence electrons. The van der Waals surface area contributed by atoms with Gasteiger partial charge in [-0.1, -0.05) is 30.2 Å². The first-order chi connectivity index (χ1) is 10.3. The van der Waals surface area contributed by atoms with E-state index >= 15 is 0 Å². The van der Waals surface area contributed by atoms with Gasteiger partial charge in [0.2, 0.25) is 0 Å². The number of rotatable bonds is 5. The third kappa shape index (κ3) is 3.80. The fourth-order valence-corrected chi connectivity index (χ4v) is 2.43. The van der Waals surface area contributed by atoms with Crippen LogP contribution in [0.2, 0.25) is 0 Å². The molecular weight excluding hydrogens is 282 g/mol. The van der Waals surface area contributed by atoms with Crippen LogP contribution in [-0.2, 0) is 0 Å². The van der Waals surface area contributed by atoms with E-state index in [0.29, 0.717) is 17.0 Å². The summed E-state index contributed by atoms with van der Waals surface area (Å²) in [5.74, 6) is 2.80. The number of nitrogens with one attached hydrogen (secondary N) is 1. The quantitative estimate of drug-likeness (QED) is 0.676. The maximum absolute atomic E-state index is 12.4. The van der Waals surface area contributed by atoms with E-state index in [1.54, 1.807) is 18.2 Å². The van der Waals surface area contributed by atoms with Gasteiger partial charge in [-0.25, -0.2) is 0 Å². The summed E-state index contributed by atoms with van der Waals surface area (Å²) < 4.78 is 5.42. The Morgan fingerprint density at radius 2 is 1.95 bits per heavy atom. The van der Waals surface area contributed by atoms with Gasteiger partial charge < -0.3 is 10.1 Å². The second-order valence-electron chi connectivity index (χ2n) is 4.14. The van der Waals surface area contributed by atoms with E-state index < -0.39 is 0 Å². The topological polar surface area (TPSA) is 38.3 Å². The van der Waals surface area contributed by atoms with Crippen LogP contribution >= 0.6 is 11.8 Å². The lowest BCUT2D eigenvalue weighted by atomic mass is 10.2. The third-order valence-electron chi connectivity index (χ3n) is 2.80. The van der Waals surface area contributed by atoms with Gasteiger partial charge in [0, 0.05) is 4.90 Å². The lowest BCUT2D eigenvalue weighted by molar-refractivity contribution is 0.102. The standard InChI is InChI=1S/C17H15NO2S/c1-3-12-20-15-10-6-5-9-14(15)18-17(19)13-8-4-7-11-16(13)21-2/h1,4-11H,12H2,2H3,(H,18,19). The molecule has 21 heavy (non-hydrogen) atoms. The Balaban J connectivity index is 2.22. The zero-order chi connectivity index (χ0) is 15.1. The number of thioether (sulfide) groups is 1. The summed E-state index contributed by atoms with van der Waals surface area (Å²) in [6.45, 7) is 0.161. The van der Waals surface area contributed by atoms with Crippen molar-refractivity contribution in [2.45, 2.75) is 4.90 Å². The number of para-hydroxylation sites is 2. The smallest absolute Gasteiger partial charge is 0.256 e. The van der Waals surface area contributed by atoms with Crippen molar-refractivity contribution in [2.75, 3.05) is 18.2 Å². The van der Waals surface area contributed by atoms with Crippen LogP contribution in [0.15, 0.2) is 53.4 Å². The molecule has 2 aromatic rings. The van der Waals surface area contributed by atoms with Gasteiger partial charge in [-0.3, -0.25) is 4.79 Å². The van der Waals surface area contributed by atoms with Crippen LogP contribution in [0.1, 0.15) is 10.4 Å². The van der Waals surface area contributed by atoms with Gasteiger partial charge >= 0.3 is 0 Å². The molecule has 1 amide bonds. The van der Waals surface area contributed by atoms with Gasteiger partial charge in [0.05, 0.1) is 11.3 Å². The van der Waals surface area contributed by atoms with E-state index in [9.17, 15) is 4.79 Å². The lowest BCUT2D eigenvalue weighted by Gasteiger charge is -2.12. The number of hydrogen-bond acceptors (Lipinski definition) is 3. The van der Waals surface area contributed by atoms with Crippen LogP contribution < -0.4 is 10.1 Å². The van der Waals surface area contributed by atoms with Gasteiger partial charge in [-0.15, -0.1) is 18.2 Å². The molecule has 0 saturated heterocycles. The van der Waals surface area contributed by atoms with Crippen molar-refractivity contribution >= 4 is 23.4 Å². The van der Waals surface area contributed by atoms with Crippen LogP contribution in [0.5, 0.6) is 5.75 Å². The molecule has 0 radical (unpaired) electrons. The van der Waals surface area contributed by atoms with E-state index in [2.05, 4.69) is 11.2 Å². The Bertz CT molecular complexity index is 676. The average molecular weight is 297 g/mol. The first-order valence-electron chi connectivity index (χ1n) is 6.36. The second-order valence-corrected chi connectivity index (χ2v) is 4.99. The summed E-state index contributed by atoms with van der Waals surface area (Å²) >= 11 is 1.53. The predicted molar refractivity (Wildman–Crippen MR) is 86.9 cm³/mol. The molecule has 1 N–H and O–H groups in total. The Morgan fingerprint density at radius 1 is 1.24 bits per heavy atom. The van der Waals surface area contributed by atoms with E-state index in [0.717, 1.165) is 4.90 Å². The SMILES string of the molecule is C#CCOc1ccccc1NC(=O)c1ccccc1SC. The van der Waals surface area contributed by atoms with Crippen molar-refractivity contribution in [2.24, 2.45) is 0 Å². The van der Waals surface area contributed by atoms with Gasteiger partial charge in [-0.05, 0) is 30.5 Å². The van der Waals surface area contributed by atoms with Gasteiger partial charge in [0.15, 0.2) is 0 Å². The van der Waals surface area contributed by atoms with Crippen molar-refractivity contribution in [3.05, 3.63) is 54.1 Å². The largest absolute Gasteiger partial charge is 0.479 e. The van der Waals surface area contributed by atoms with Crippen LogP contribution in [0, 0.1) is 12.3 Å². The summed E-state index contributed by atoms with van der Waals surface area (Å²) in [5.41, 5.74) is 1.24. The second kappa shape index (κ2) is 7.41. The molecule has 0 bridgehead atoms. The molecule has 0 aliphatic carbocycles. The van der Waals surface area contributed by atoms with Gasteiger partial charge in [-0.2, -0.15) is 0 Å². The summed E-state index contributed by atoms with van der Waals surface area (Å²) in [6.07, 6.45) is 7.13. The molecule has 0 fully saturated rings. The van der Waals surface area contributed by atoms with Gasteiger partial charge in [0.25, 0.3) is 5.91 Å². The molecule has 4 heteroatoms. The summed E-state index contributed by atoms with van der Waals surface area (Å²) in [5, 5.41) is 2.86. The Labute approximate surface area is 128 Å². The molecule has 2 rings (SSSR count). The monoisotopic (exact) mass is 297 g/mol. The molecule has 0 unspecified atom stereocenters. The number of anilines is 1. The molecule has 0 saturated carbocycles. The Hall–Kier alpha value is -2.38. The van der Waals surface area contributed by atoms with Crippen molar-refractivity contribution in [3.8, 4) is 18.1 Å². The molecule has 2 aromatic carbocycles. The molecule has 0 aliphatic heterocycles. The maximum atomic E-state index is 12.4. The minimum absolute atomic E-state index is 0.161. The first kappa shape index (κ1) is 15.0. The number of carbonyl (C=O) groups is 1. The van der Waals surface area contributed by atoms with Crippen molar-refractivity contribution in [1.29, 1.82) is 0 Å². The van der Waals surface area contributed by atoms with Crippen molar-refractivity contribution in [1.82, 2.24) is 0 Å². The number of amides is 1. The highest BCUT2D eigenvalue weighted by atomic mass is 32.2. The van der Waals surface area contributed by atoms with Gasteiger partial charge in [0.1, 0.15) is 12.4 Å². The third-order valence-corrected chi connectivity index (χ3v) is 3.59. The summed E-state index contributed by atoms with van der Waals surface area (Å²) in [4.78, 5) is 13.3. The Morgan fingerprint density at radius 3 is 2.71 bits per heavy atom. The molecule has 3 nitrogen and oxygen atoms in total. The van der Waals surface area contributed by atoms with Crippen molar-refractivity contribution < 1.29 is 9.53 Å². The molecular formula is C17H15NO2S. The number of terminal acetylenes is 1. The number of hydrogen-bond donors (Lipinski definition) is 1. The number of carbonyl (C=O) groups excluding carboxylic acids is 1. The first-order valence-corrected chi connectivity index (χ1v) is 7.58. The van der Waals surface area contributed by atoms with Crippen LogP contribution in [-0.4, -0.2) is 18.8 Å². The van der Waals surface area contributed by atoms with E-state index in [1.807, 2.05) is 36.6 Å². The fraction of sp³-hybridized carbons (Fsp3) is 0.118. The normalized spacial score (nSPS) is 9.71. The minimum atomic E-state index is -0.170. The lowest BCUT2D eigenvalue weighted by Crippen LogP contribution is -2.14. The molecule has 0 heterocycles. The highest BCUT2D eigenvalue weighted by Gasteiger charge is 2.12. The van der Waals surface area contributed by atoms with Crippen molar-refractivity contribution in [3.63, 3.8) is 0 Å². The molecule has 0 atom stereocenters. The summed E-state index contributed by atoms with van der Waals surface area (Å²) in [7, 11) is 0. The van der Waals surface area contributed by atoms with E-state index in [1.165, 1.54) is 11.8 Å². The average Bonchev–Trinajstić information content (AvgIpc) is 2.54. The Kier molecular flexibility index (Phi) is 5.30. The zero-order valence-electron chi connectivity index (χ0n) is 11.6. The highest BCUT2D eigenvalue weighted by Crippen LogP contribution is 2.26. The number of benzene rings is 2. The minimum Gasteiger partial charge on any atom is -0.479 e. The van der Waals surface area contributed by atoms with Crippen LogP contribution in [0.4, 0.5) is 5.69 Å². The number of ether oxygens (including phenoxy) is 1. The molecule has 0 aliphatic rings. The van der Waals surface area contributed by atoms with Crippen LogP contribution in [0.3, 0.4) is 0 Å². The highest BCUT2D eigenvalue weighted by molar-refractivity contribution is 7.98. The summed E-state index contributed by atoms with van der Waals surface area (Å²) in [6, 6.07) is 14.7. The maximum Gasteiger partial charge on any atom is 0.256 e. The molecule has 0 spiro atoms. The van der Waals surface area contributed by atoms with Crippen LogP contribution in [0.25, 0.3) is 0 Å². The molecule has 0 aromatic heterocycles. The zero-order valence-corrected chi connectivity index (χ0v) is 12.4.